The summed E-state index contributed by atoms with van der Waals surface area (Å²) in [5.74, 6) is 0.0376. The minimum atomic E-state index is -3.58. The lowest BCUT2D eigenvalue weighted by Gasteiger charge is -2.18. The molecule has 0 bridgehead atoms. The Bertz CT molecular complexity index is 1510. The van der Waals surface area contributed by atoms with Gasteiger partial charge in [0.15, 0.2) is 0 Å². The van der Waals surface area contributed by atoms with Gasteiger partial charge in [-0.25, -0.2) is 13.2 Å². The third-order valence-corrected chi connectivity index (χ3v) is 6.27. The fraction of sp³-hybridized carbons (Fsp3) is 0.148. The molecule has 1 N–H and O–H groups in total. The van der Waals surface area contributed by atoms with Gasteiger partial charge in [-0.3, -0.25) is 4.72 Å². The second kappa shape index (κ2) is 10.5. The summed E-state index contributed by atoms with van der Waals surface area (Å²) >= 11 is 6.37. The van der Waals surface area contributed by atoms with Crippen LogP contribution in [0.5, 0.6) is 5.75 Å². The molecule has 0 unspecified atom stereocenters. The minimum absolute atomic E-state index is 0.201. The Morgan fingerprint density at radius 3 is 2.44 bits per heavy atom. The van der Waals surface area contributed by atoms with E-state index in [0.717, 1.165) is 28.8 Å². The molecule has 0 saturated heterocycles. The van der Waals surface area contributed by atoms with Crippen LogP contribution in [0.2, 0.25) is 5.02 Å². The number of hydrogen-bond acceptors (Lipinski definition) is 5. The molecule has 0 saturated carbocycles. The molecule has 0 aliphatic heterocycles. The Balaban J connectivity index is 1.83. The van der Waals surface area contributed by atoms with Crippen LogP contribution in [0, 0.1) is 6.92 Å². The van der Waals surface area contributed by atoms with Crippen molar-refractivity contribution in [2.24, 2.45) is 0 Å². The highest BCUT2D eigenvalue weighted by Crippen LogP contribution is 2.36. The van der Waals surface area contributed by atoms with Crippen molar-refractivity contribution in [2.45, 2.75) is 13.5 Å². The van der Waals surface area contributed by atoms with Crippen molar-refractivity contribution in [3.63, 3.8) is 0 Å². The molecule has 1 aromatic heterocycles. The quantitative estimate of drug-likeness (QED) is 0.292. The van der Waals surface area contributed by atoms with Crippen molar-refractivity contribution in [3.05, 3.63) is 101 Å². The number of halogens is 1. The van der Waals surface area contributed by atoms with Gasteiger partial charge in [-0.05, 0) is 61.0 Å². The summed E-state index contributed by atoms with van der Waals surface area (Å²) < 4.78 is 39.2. The largest absolute Gasteiger partial charge is 0.488 e. The van der Waals surface area contributed by atoms with E-state index in [1.807, 2.05) is 66.1 Å². The van der Waals surface area contributed by atoms with E-state index in [2.05, 4.69) is 4.72 Å². The van der Waals surface area contributed by atoms with Gasteiger partial charge in [0.1, 0.15) is 12.4 Å². The second-order valence-electron chi connectivity index (χ2n) is 8.24. The Labute approximate surface area is 215 Å². The number of carbonyl (C=O) groups is 1. The number of aromatic nitrogens is 1. The summed E-state index contributed by atoms with van der Waals surface area (Å²) in [5, 5.41) is 0.533. The highest BCUT2D eigenvalue weighted by molar-refractivity contribution is 7.92. The summed E-state index contributed by atoms with van der Waals surface area (Å²) in [6, 6.07) is 23.8. The third kappa shape index (κ3) is 5.90. The van der Waals surface area contributed by atoms with Gasteiger partial charge >= 0.3 is 5.97 Å². The molecule has 36 heavy (non-hydrogen) atoms. The summed E-state index contributed by atoms with van der Waals surface area (Å²) in [6.07, 6.45) is 1.05. The van der Waals surface area contributed by atoms with Crippen LogP contribution >= 0.6 is 11.6 Å². The van der Waals surface area contributed by atoms with E-state index in [4.69, 9.17) is 21.1 Å². The van der Waals surface area contributed by atoms with Gasteiger partial charge < -0.3 is 14.0 Å². The first-order chi connectivity index (χ1) is 17.1. The first-order valence-electron chi connectivity index (χ1n) is 11.0. The predicted molar refractivity (Wildman–Crippen MR) is 142 cm³/mol. The fourth-order valence-electron chi connectivity index (χ4n) is 3.90. The highest BCUT2D eigenvalue weighted by atomic mass is 35.5. The lowest BCUT2D eigenvalue weighted by molar-refractivity contribution is 0.0600. The van der Waals surface area contributed by atoms with Crippen molar-refractivity contribution in [1.82, 2.24) is 4.57 Å². The number of methoxy groups -OCH3 is 1. The van der Waals surface area contributed by atoms with Crippen molar-refractivity contribution >= 4 is 33.3 Å². The number of sulfonamides is 1. The van der Waals surface area contributed by atoms with Crippen LogP contribution in [0.25, 0.3) is 16.9 Å². The van der Waals surface area contributed by atoms with Crippen LogP contribution in [-0.2, 0) is 21.4 Å². The average molecular weight is 525 g/mol. The molecule has 9 heteroatoms. The molecule has 0 aliphatic rings. The molecule has 7 nitrogen and oxygen atoms in total. The molecule has 4 aromatic rings. The van der Waals surface area contributed by atoms with Crippen LogP contribution < -0.4 is 9.46 Å². The Kier molecular flexibility index (Phi) is 7.37. The van der Waals surface area contributed by atoms with Crippen LogP contribution in [0.3, 0.4) is 0 Å². The van der Waals surface area contributed by atoms with Crippen molar-refractivity contribution in [3.8, 4) is 22.7 Å². The molecule has 4 rings (SSSR count). The number of ether oxygens (including phenoxy) is 2. The molecule has 0 fully saturated rings. The van der Waals surface area contributed by atoms with Gasteiger partial charge in [-0.15, -0.1) is 0 Å². The first kappa shape index (κ1) is 25.3. The van der Waals surface area contributed by atoms with Crippen molar-refractivity contribution in [1.29, 1.82) is 0 Å². The number of rotatable bonds is 8. The first-order valence-corrected chi connectivity index (χ1v) is 13.3. The monoisotopic (exact) mass is 524 g/mol. The SMILES string of the molecule is COC(=O)c1cc(NS(C)(=O)=O)cc(-n2c(C)ccc2-c2cc(Cl)ccc2OCc2ccccc2)c1. The lowest BCUT2D eigenvalue weighted by atomic mass is 10.1. The normalized spacial score (nSPS) is 11.2. The molecular formula is C27H25ClN2O5S. The lowest BCUT2D eigenvalue weighted by Crippen LogP contribution is -2.12. The molecule has 0 atom stereocenters. The molecule has 0 spiro atoms. The summed E-state index contributed by atoms with van der Waals surface area (Å²) in [4.78, 5) is 12.4. The zero-order valence-corrected chi connectivity index (χ0v) is 21.6. The van der Waals surface area contributed by atoms with Crippen LogP contribution in [0.4, 0.5) is 5.69 Å². The average Bonchev–Trinajstić information content (AvgIpc) is 3.23. The number of nitrogens with one attached hydrogen (secondary N) is 1. The van der Waals surface area contributed by atoms with E-state index >= 15 is 0 Å². The third-order valence-electron chi connectivity index (χ3n) is 5.43. The number of esters is 1. The van der Waals surface area contributed by atoms with Gasteiger partial charge in [-0.1, -0.05) is 41.9 Å². The van der Waals surface area contributed by atoms with Gasteiger partial charge in [0.25, 0.3) is 0 Å². The van der Waals surface area contributed by atoms with E-state index in [9.17, 15) is 13.2 Å². The van der Waals surface area contributed by atoms with E-state index in [1.165, 1.54) is 13.2 Å². The molecule has 186 valence electrons. The fourth-order valence-corrected chi connectivity index (χ4v) is 4.62. The van der Waals surface area contributed by atoms with E-state index < -0.39 is 16.0 Å². The smallest absolute Gasteiger partial charge is 0.337 e. The zero-order valence-electron chi connectivity index (χ0n) is 20.0. The molecule has 3 aromatic carbocycles. The van der Waals surface area contributed by atoms with E-state index in [0.29, 0.717) is 23.1 Å². The Morgan fingerprint density at radius 1 is 1.00 bits per heavy atom. The van der Waals surface area contributed by atoms with Gasteiger partial charge in [0.05, 0.1) is 30.3 Å². The maximum absolute atomic E-state index is 12.4. The number of benzene rings is 3. The summed E-state index contributed by atoms with van der Waals surface area (Å²) in [7, 11) is -2.31. The molecular weight excluding hydrogens is 500 g/mol. The van der Waals surface area contributed by atoms with Crippen molar-refractivity contribution in [2.75, 3.05) is 18.1 Å². The number of anilines is 1. The Hall–Kier alpha value is -3.75. The standard InChI is InChI=1S/C27H25ClN2O5S/c1-18-9-11-25(24-15-21(28)10-12-26(24)35-17-19-7-5-4-6-8-19)30(18)23-14-20(27(31)34-2)13-22(16-23)29-36(3,32)33/h4-16,29H,17H2,1-3H3. The summed E-state index contributed by atoms with van der Waals surface area (Å²) in [5.41, 5.74) is 4.38. The van der Waals surface area contributed by atoms with Crippen molar-refractivity contribution < 1.29 is 22.7 Å². The molecule has 0 amide bonds. The predicted octanol–water partition coefficient (Wildman–Crippen LogP) is 5.84. The number of aryl methyl sites for hydroxylation is 1. The van der Waals surface area contributed by atoms with Gasteiger partial charge in [0, 0.05) is 22.0 Å². The van der Waals surface area contributed by atoms with Crippen LogP contribution in [-0.4, -0.2) is 32.3 Å². The van der Waals surface area contributed by atoms with Gasteiger partial charge in [-0.2, -0.15) is 0 Å². The Morgan fingerprint density at radius 2 is 1.75 bits per heavy atom. The van der Waals surface area contributed by atoms with E-state index in [-0.39, 0.29) is 11.3 Å². The number of carbonyl (C=O) groups excluding carboxylic acids is 1. The van der Waals surface area contributed by atoms with E-state index in [1.54, 1.807) is 18.2 Å². The zero-order chi connectivity index (χ0) is 25.9. The topological polar surface area (TPSA) is 86.6 Å². The second-order valence-corrected chi connectivity index (χ2v) is 10.4. The number of nitrogens with zero attached hydrogens (tertiary/aromatic N) is 1. The highest BCUT2D eigenvalue weighted by Gasteiger charge is 2.18. The minimum Gasteiger partial charge on any atom is -0.488 e. The number of hydrogen-bond donors (Lipinski definition) is 1. The maximum atomic E-state index is 12.4. The molecule has 0 radical (unpaired) electrons. The maximum Gasteiger partial charge on any atom is 0.337 e. The van der Waals surface area contributed by atoms with Gasteiger partial charge in [0.2, 0.25) is 10.0 Å². The molecule has 1 heterocycles. The van der Waals surface area contributed by atoms with Crippen LogP contribution in [0.1, 0.15) is 21.6 Å². The summed E-state index contributed by atoms with van der Waals surface area (Å²) in [6.45, 7) is 2.28. The molecule has 0 aliphatic carbocycles. The van der Waals surface area contributed by atoms with Crippen LogP contribution in [0.15, 0.2) is 78.9 Å².